The Morgan fingerprint density at radius 3 is 2.96 bits per heavy atom. The highest BCUT2D eigenvalue weighted by atomic mass is 32.2. The Morgan fingerprint density at radius 1 is 1.22 bits per heavy atom. The molecule has 4 nitrogen and oxygen atoms in total. The first-order chi connectivity index (χ1) is 11.3. The molecule has 2 heterocycles. The van der Waals surface area contributed by atoms with Crippen LogP contribution in [0.4, 0.5) is 5.69 Å². The number of thiazole rings is 1. The van der Waals surface area contributed by atoms with Crippen molar-refractivity contribution < 1.29 is 9.53 Å². The Labute approximate surface area is 142 Å². The summed E-state index contributed by atoms with van der Waals surface area (Å²) in [5.41, 5.74) is 1.85. The van der Waals surface area contributed by atoms with Gasteiger partial charge in [0.05, 0.1) is 28.2 Å². The van der Waals surface area contributed by atoms with E-state index in [4.69, 9.17) is 4.74 Å². The quantitative estimate of drug-likeness (QED) is 0.679. The maximum atomic E-state index is 12.6. The minimum atomic E-state index is 0.0880. The molecule has 1 aromatic heterocycles. The van der Waals surface area contributed by atoms with Gasteiger partial charge in [-0.15, -0.1) is 11.3 Å². The summed E-state index contributed by atoms with van der Waals surface area (Å²) < 4.78 is 7.68. The second-order valence-corrected chi connectivity index (χ2v) is 7.35. The van der Waals surface area contributed by atoms with E-state index < -0.39 is 0 Å². The first-order valence-electron chi connectivity index (χ1n) is 7.32. The largest absolute Gasteiger partial charge is 0.490 e. The lowest BCUT2D eigenvalue weighted by Gasteiger charge is -2.29. The summed E-state index contributed by atoms with van der Waals surface area (Å²) in [6.45, 7) is 1.13. The Kier molecular flexibility index (Phi) is 3.93. The molecule has 1 aliphatic rings. The van der Waals surface area contributed by atoms with Gasteiger partial charge in [-0.05, 0) is 24.3 Å². The van der Waals surface area contributed by atoms with Crippen LogP contribution in [0.3, 0.4) is 0 Å². The number of aromatic nitrogens is 1. The first-order valence-corrected chi connectivity index (χ1v) is 9.12. The van der Waals surface area contributed by atoms with Gasteiger partial charge < -0.3 is 9.64 Å². The molecule has 0 radical (unpaired) electrons. The van der Waals surface area contributed by atoms with Crippen molar-refractivity contribution in [2.45, 2.75) is 4.34 Å². The number of hydrogen-bond donors (Lipinski definition) is 0. The highest BCUT2D eigenvalue weighted by Crippen LogP contribution is 2.33. The molecule has 1 amide bonds. The average molecular weight is 342 g/mol. The van der Waals surface area contributed by atoms with Crippen molar-refractivity contribution in [1.82, 2.24) is 4.98 Å². The number of amides is 1. The zero-order chi connectivity index (χ0) is 15.6. The number of para-hydroxylation sites is 3. The number of rotatable bonds is 3. The molecule has 0 unspecified atom stereocenters. The van der Waals surface area contributed by atoms with Gasteiger partial charge in [-0.3, -0.25) is 4.79 Å². The van der Waals surface area contributed by atoms with Crippen molar-refractivity contribution in [3.8, 4) is 5.75 Å². The predicted octanol–water partition coefficient (Wildman–Crippen LogP) is 3.81. The van der Waals surface area contributed by atoms with Crippen LogP contribution in [0.5, 0.6) is 5.75 Å². The lowest BCUT2D eigenvalue weighted by molar-refractivity contribution is -0.116. The Balaban J connectivity index is 1.48. The summed E-state index contributed by atoms with van der Waals surface area (Å²) in [6, 6.07) is 15.7. The summed E-state index contributed by atoms with van der Waals surface area (Å²) in [4.78, 5) is 18.9. The third-order valence-electron chi connectivity index (χ3n) is 3.62. The standard InChI is InChI=1S/C17H14N2O2S2/c20-16(19-9-10-21-14-7-3-2-6-13(14)19)11-22-17-18-12-5-1-4-8-15(12)23-17/h1-8H,9-11H2. The lowest BCUT2D eigenvalue weighted by atomic mass is 10.2. The molecule has 0 spiro atoms. The van der Waals surface area contributed by atoms with E-state index in [1.807, 2.05) is 42.5 Å². The second kappa shape index (κ2) is 6.22. The van der Waals surface area contributed by atoms with E-state index >= 15 is 0 Å². The zero-order valence-corrected chi connectivity index (χ0v) is 13.9. The molecule has 4 rings (SSSR count). The van der Waals surface area contributed by atoms with Crippen LogP contribution in [0.2, 0.25) is 0 Å². The smallest absolute Gasteiger partial charge is 0.237 e. The van der Waals surface area contributed by atoms with E-state index in [9.17, 15) is 4.79 Å². The highest BCUT2D eigenvalue weighted by molar-refractivity contribution is 8.01. The summed E-state index contributed by atoms with van der Waals surface area (Å²) in [5, 5.41) is 0. The van der Waals surface area contributed by atoms with E-state index in [0.717, 1.165) is 26.0 Å². The molecule has 0 aliphatic carbocycles. The van der Waals surface area contributed by atoms with Crippen LogP contribution in [-0.4, -0.2) is 29.8 Å². The SMILES string of the molecule is O=C(CSc1nc2ccccc2s1)N1CCOc2ccccc21. The maximum Gasteiger partial charge on any atom is 0.237 e. The number of hydrogen-bond acceptors (Lipinski definition) is 5. The molecule has 116 valence electrons. The van der Waals surface area contributed by atoms with Crippen molar-refractivity contribution in [2.75, 3.05) is 23.8 Å². The molecule has 0 fully saturated rings. The van der Waals surface area contributed by atoms with Crippen molar-refractivity contribution in [2.24, 2.45) is 0 Å². The van der Waals surface area contributed by atoms with Crippen LogP contribution >= 0.6 is 23.1 Å². The topological polar surface area (TPSA) is 42.4 Å². The number of nitrogens with zero attached hydrogens (tertiary/aromatic N) is 2. The van der Waals surface area contributed by atoms with E-state index in [-0.39, 0.29) is 5.91 Å². The molecule has 0 N–H and O–H groups in total. The van der Waals surface area contributed by atoms with Crippen molar-refractivity contribution in [3.05, 3.63) is 48.5 Å². The molecule has 6 heteroatoms. The van der Waals surface area contributed by atoms with Gasteiger partial charge in [0, 0.05) is 0 Å². The molecule has 3 aromatic rings. The first kappa shape index (κ1) is 14.5. The van der Waals surface area contributed by atoms with Crippen molar-refractivity contribution >= 4 is 44.9 Å². The second-order valence-electron chi connectivity index (χ2n) is 5.10. The Bertz CT molecular complexity index is 829. The molecule has 1 aliphatic heterocycles. The van der Waals surface area contributed by atoms with Crippen LogP contribution in [-0.2, 0) is 4.79 Å². The monoisotopic (exact) mass is 342 g/mol. The van der Waals surface area contributed by atoms with Crippen molar-refractivity contribution in [3.63, 3.8) is 0 Å². The molecule has 0 bridgehead atoms. The third kappa shape index (κ3) is 2.92. The van der Waals surface area contributed by atoms with Gasteiger partial charge >= 0.3 is 0 Å². The summed E-state index contributed by atoms with van der Waals surface area (Å²) in [6.07, 6.45) is 0. The van der Waals surface area contributed by atoms with Gasteiger partial charge in [-0.1, -0.05) is 36.0 Å². The maximum absolute atomic E-state index is 12.6. The normalized spacial score (nSPS) is 13.7. The summed E-state index contributed by atoms with van der Waals surface area (Å²) >= 11 is 3.13. The minimum Gasteiger partial charge on any atom is -0.490 e. The number of fused-ring (bicyclic) bond motifs is 2. The number of carbonyl (C=O) groups excluding carboxylic acids is 1. The fourth-order valence-corrected chi connectivity index (χ4v) is 4.49. The molecule has 0 atom stereocenters. The molecular formula is C17H14N2O2S2. The van der Waals surface area contributed by atoms with E-state index in [0.29, 0.717) is 18.9 Å². The number of anilines is 1. The number of ether oxygens (including phenoxy) is 1. The number of thioether (sulfide) groups is 1. The van der Waals surface area contributed by atoms with Gasteiger partial charge in [0.2, 0.25) is 5.91 Å². The lowest BCUT2D eigenvalue weighted by Crippen LogP contribution is -2.38. The predicted molar refractivity (Wildman–Crippen MR) is 94.6 cm³/mol. The van der Waals surface area contributed by atoms with E-state index in [1.165, 1.54) is 11.8 Å². The van der Waals surface area contributed by atoms with Gasteiger partial charge in [0.25, 0.3) is 0 Å². The van der Waals surface area contributed by atoms with Gasteiger partial charge in [-0.2, -0.15) is 0 Å². The third-order valence-corrected chi connectivity index (χ3v) is 5.79. The van der Waals surface area contributed by atoms with Crippen LogP contribution in [0.25, 0.3) is 10.2 Å². The average Bonchev–Trinajstić information content (AvgIpc) is 3.02. The van der Waals surface area contributed by atoms with Crippen LogP contribution < -0.4 is 9.64 Å². The molecule has 23 heavy (non-hydrogen) atoms. The summed E-state index contributed by atoms with van der Waals surface area (Å²) in [7, 11) is 0. The van der Waals surface area contributed by atoms with E-state index in [1.54, 1.807) is 16.2 Å². The molecular weight excluding hydrogens is 328 g/mol. The van der Waals surface area contributed by atoms with Crippen LogP contribution in [0, 0.1) is 0 Å². The zero-order valence-electron chi connectivity index (χ0n) is 12.3. The Hall–Kier alpha value is -2.05. The molecule has 0 saturated carbocycles. The summed E-state index contributed by atoms with van der Waals surface area (Å²) in [5.74, 6) is 1.25. The van der Waals surface area contributed by atoms with Crippen LogP contribution in [0.15, 0.2) is 52.9 Å². The minimum absolute atomic E-state index is 0.0880. The fraction of sp³-hybridized carbons (Fsp3) is 0.176. The number of benzene rings is 2. The molecule has 2 aromatic carbocycles. The van der Waals surface area contributed by atoms with Crippen molar-refractivity contribution in [1.29, 1.82) is 0 Å². The van der Waals surface area contributed by atoms with Gasteiger partial charge in [0.1, 0.15) is 12.4 Å². The van der Waals surface area contributed by atoms with Crippen LogP contribution in [0.1, 0.15) is 0 Å². The molecule has 0 saturated heterocycles. The highest BCUT2D eigenvalue weighted by Gasteiger charge is 2.23. The number of carbonyl (C=O) groups is 1. The fourth-order valence-electron chi connectivity index (χ4n) is 2.54. The van der Waals surface area contributed by atoms with Gasteiger partial charge in [0.15, 0.2) is 4.34 Å². The van der Waals surface area contributed by atoms with E-state index in [2.05, 4.69) is 11.1 Å². The Morgan fingerprint density at radius 2 is 2.04 bits per heavy atom. The van der Waals surface area contributed by atoms with Gasteiger partial charge in [-0.25, -0.2) is 4.98 Å².